The summed E-state index contributed by atoms with van der Waals surface area (Å²) < 4.78 is 0. The second-order valence-corrected chi connectivity index (χ2v) is 11.1. The Hall–Kier alpha value is -0.640. The van der Waals surface area contributed by atoms with Crippen molar-refractivity contribution >= 4 is 0 Å². The van der Waals surface area contributed by atoms with Crippen LogP contribution in [0, 0.1) is 16.7 Å². The third-order valence-electron chi connectivity index (χ3n) is 6.60. The molecule has 0 aliphatic carbocycles. The quantitative estimate of drug-likeness (QED) is 0.723. The van der Waals surface area contributed by atoms with Gasteiger partial charge in [0.1, 0.15) is 0 Å². The molecule has 0 amide bonds. The van der Waals surface area contributed by atoms with E-state index < -0.39 is 0 Å². The van der Waals surface area contributed by atoms with E-state index in [9.17, 15) is 0 Å². The van der Waals surface area contributed by atoms with Gasteiger partial charge in [0.05, 0.1) is 0 Å². The number of nitrogens with two attached hydrogens (primary N) is 1. The van der Waals surface area contributed by atoms with Crippen LogP contribution in [0.25, 0.3) is 0 Å². The molecule has 3 rings (SSSR count). The number of nitrogens with zero attached hydrogens (tertiary/aromatic N) is 2. The molecule has 3 nitrogen and oxygen atoms in total. The molecule has 4 unspecified atom stereocenters. The van der Waals surface area contributed by atoms with Gasteiger partial charge in [0.2, 0.25) is 0 Å². The molecule has 0 spiro atoms. The largest absolute Gasteiger partial charge is 0.326 e. The third kappa shape index (κ3) is 5.92. The summed E-state index contributed by atoms with van der Waals surface area (Å²) in [5.74, 6) is 0.762. The third-order valence-corrected chi connectivity index (χ3v) is 6.60. The Kier molecular flexibility index (Phi) is 6.55. The molecule has 3 heteroatoms. The van der Waals surface area contributed by atoms with Crippen LogP contribution >= 0.6 is 0 Å². The first-order chi connectivity index (χ1) is 12.6. The maximum atomic E-state index is 6.32. The molecule has 154 valence electrons. The van der Waals surface area contributed by atoms with E-state index in [1.165, 1.54) is 38.8 Å². The van der Waals surface area contributed by atoms with Crippen LogP contribution in [0.1, 0.15) is 66.7 Å². The summed E-state index contributed by atoms with van der Waals surface area (Å²) in [6, 6.07) is 1.62. The zero-order valence-electron chi connectivity index (χ0n) is 18.5. The van der Waals surface area contributed by atoms with Crippen molar-refractivity contribution in [2.45, 2.75) is 84.8 Å². The van der Waals surface area contributed by atoms with Crippen LogP contribution in [-0.4, -0.2) is 54.1 Å². The Bertz CT molecular complexity index is 542. The molecule has 0 aromatic rings. The average Bonchev–Trinajstić information content (AvgIpc) is 3.16. The van der Waals surface area contributed by atoms with Gasteiger partial charge >= 0.3 is 0 Å². The zero-order chi connectivity index (χ0) is 19.7. The molecule has 3 saturated heterocycles. The van der Waals surface area contributed by atoms with E-state index in [0.717, 1.165) is 31.5 Å². The van der Waals surface area contributed by atoms with Gasteiger partial charge in [0, 0.05) is 31.2 Å². The van der Waals surface area contributed by atoms with E-state index in [4.69, 9.17) is 5.73 Å². The summed E-state index contributed by atoms with van der Waals surface area (Å²) in [4.78, 5) is 5.35. The molecule has 3 fully saturated rings. The van der Waals surface area contributed by atoms with Crippen molar-refractivity contribution in [1.82, 2.24) is 9.80 Å². The second kappa shape index (κ2) is 8.39. The number of hydrogen-bond donors (Lipinski definition) is 1. The highest BCUT2D eigenvalue weighted by Crippen LogP contribution is 2.34. The maximum Gasteiger partial charge on any atom is 0.0294 e. The van der Waals surface area contributed by atoms with Gasteiger partial charge in [0.15, 0.2) is 0 Å². The van der Waals surface area contributed by atoms with Crippen LogP contribution in [0.2, 0.25) is 0 Å². The van der Waals surface area contributed by atoms with Crippen LogP contribution in [0.3, 0.4) is 0 Å². The molecule has 0 aromatic heterocycles. The predicted octanol–water partition coefficient (Wildman–Crippen LogP) is 4.45. The van der Waals surface area contributed by atoms with Gasteiger partial charge in [-0.2, -0.15) is 0 Å². The number of hydrogen-bond acceptors (Lipinski definition) is 3. The van der Waals surface area contributed by atoms with E-state index >= 15 is 0 Å². The number of fused-ring (bicyclic) bond motifs is 1. The van der Waals surface area contributed by atoms with Crippen LogP contribution < -0.4 is 5.73 Å². The smallest absolute Gasteiger partial charge is 0.0294 e. The normalized spacial score (nSPS) is 34.1. The number of rotatable bonds is 5. The van der Waals surface area contributed by atoms with Gasteiger partial charge in [-0.25, -0.2) is 0 Å². The fourth-order valence-corrected chi connectivity index (χ4v) is 5.27. The van der Waals surface area contributed by atoms with Crippen LogP contribution in [0.5, 0.6) is 0 Å². The van der Waals surface area contributed by atoms with Crippen LogP contribution in [0.4, 0.5) is 0 Å². The lowest BCUT2D eigenvalue weighted by atomic mass is 9.84. The number of piperidine rings is 1. The Morgan fingerprint density at radius 2 is 1.67 bits per heavy atom. The molecule has 0 bridgehead atoms. The summed E-state index contributed by atoms with van der Waals surface area (Å²) >= 11 is 0. The number of allylic oxidation sites excluding steroid dienone is 1. The van der Waals surface area contributed by atoms with Crippen molar-refractivity contribution in [2.75, 3.05) is 26.2 Å². The summed E-state index contributed by atoms with van der Waals surface area (Å²) in [5.41, 5.74) is 6.76. The van der Waals surface area contributed by atoms with Gasteiger partial charge in [-0.15, -0.1) is 0 Å². The second-order valence-electron chi connectivity index (χ2n) is 11.1. The van der Waals surface area contributed by atoms with Crippen molar-refractivity contribution in [3.05, 3.63) is 24.3 Å². The molecule has 0 aromatic carbocycles. The molecule has 0 saturated carbocycles. The molecule has 27 heavy (non-hydrogen) atoms. The Morgan fingerprint density at radius 1 is 0.963 bits per heavy atom. The molecule has 2 N–H and O–H groups in total. The lowest BCUT2D eigenvalue weighted by Crippen LogP contribution is -2.40. The van der Waals surface area contributed by atoms with E-state index in [-0.39, 0.29) is 10.8 Å². The molecule has 3 heterocycles. The highest BCUT2D eigenvalue weighted by molar-refractivity contribution is 5.09. The lowest BCUT2D eigenvalue weighted by molar-refractivity contribution is 0.157. The van der Waals surface area contributed by atoms with Gasteiger partial charge in [-0.1, -0.05) is 58.9 Å². The monoisotopic (exact) mass is 373 g/mol. The first-order valence-corrected chi connectivity index (χ1v) is 11.3. The SMILES string of the molecule is CC(C)(C)/C=C/C1CC(N)CN1CC(C)(C)/C=C/C1CCCN2CCCC12. The van der Waals surface area contributed by atoms with E-state index in [2.05, 4.69) is 68.7 Å². The fourth-order valence-electron chi connectivity index (χ4n) is 5.27. The van der Waals surface area contributed by atoms with Gasteiger partial charge in [0.25, 0.3) is 0 Å². The first-order valence-electron chi connectivity index (χ1n) is 11.3. The topological polar surface area (TPSA) is 32.5 Å². The first kappa shape index (κ1) is 21.1. The van der Waals surface area contributed by atoms with Crippen molar-refractivity contribution in [1.29, 1.82) is 0 Å². The van der Waals surface area contributed by atoms with Crippen molar-refractivity contribution in [3.63, 3.8) is 0 Å². The molecule has 4 atom stereocenters. The molecule has 0 radical (unpaired) electrons. The van der Waals surface area contributed by atoms with E-state index in [0.29, 0.717) is 12.1 Å². The minimum Gasteiger partial charge on any atom is -0.326 e. The fraction of sp³-hybridized carbons (Fsp3) is 0.833. The summed E-state index contributed by atoms with van der Waals surface area (Å²) in [5, 5.41) is 0. The molecular weight excluding hydrogens is 330 g/mol. The van der Waals surface area contributed by atoms with Gasteiger partial charge in [-0.3, -0.25) is 9.80 Å². The van der Waals surface area contributed by atoms with Crippen LogP contribution in [-0.2, 0) is 0 Å². The average molecular weight is 374 g/mol. The molecule has 3 aliphatic heterocycles. The van der Waals surface area contributed by atoms with Crippen molar-refractivity contribution < 1.29 is 0 Å². The summed E-state index contributed by atoms with van der Waals surface area (Å²) in [6.45, 7) is 16.4. The zero-order valence-corrected chi connectivity index (χ0v) is 18.5. The predicted molar refractivity (Wildman–Crippen MR) is 117 cm³/mol. The summed E-state index contributed by atoms with van der Waals surface area (Å²) in [6.07, 6.45) is 16.5. The van der Waals surface area contributed by atoms with Crippen LogP contribution in [0.15, 0.2) is 24.3 Å². The number of likely N-dealkylation sites (tertiary alicyclic amines) is 1. The Labute approximate surface area is 168 Å². The lowest BCUT2D eigenvalue weighted by Gasteiger charge is -2.36. The Balaban J connectivity index is 1.61. The maximum absolute atomic E-state index is 6.32. The van der Waals surface area contributed by atoms with E-state index in [1.54, 1.807) is 0 Å². The highest BCUT2D eigenvalue weighted by atomic mass is 15.2. The van der Waals surface area contributed by atoms with Crippen molar-refractivity contribution in [2.24, 2.45) is 22.5 Å². The van der Waals surface area contributed by atoms with Gasteiger partial charge in [-0.05, 0) is 61.9 Å². The molecular formula is C24H43N3. The van der Waals surface area contributed by atoms with Gasteiger partial charge < -0.3 is 5.73 Å². The Morgan fingerprint density at radius 3 is 2.37 bits per heavy atom. The molecule has 3 aliphatic rings. The van der Waals surface area contributed by atoms with E-state index in [1.807, 2.05) is 0 Å². The standard InChI is InChI=1S/C24H43N3/c1-23(2,3)12-11-21-16-20(25)17-27(21)18-24(4,5)13-10-19-8-6-14-26-15-7-9-22(19)26/h10-13,19-22H,6-9,14-18,25H2,1-5H3/b12-11+,13-10+. The minimum absolute atomic E-state index is 0.193. The highest BCUT2D eigenvalue weighted by Gasteiger charge is 2.35. The minimum atomic E-state index is 0.193. The van der Waals surface area contributed by atoms with Crippen molar-refractivity contribution in [3.8, 4) is 0 Å². The summed E-state index contributed by atoms with van der Waals surface area (Å²) in [7, 11) is 0.